The maximum Gasteiger partial charge on any atom is 0.307 e. The van der Waals surface area contributed by atoms with Gasteiger partial charge in [0.15, 0.2) is 6.10 Å². The van der Waals surface area contributed by atoms with Crippen molar-refractivity contribution >= 4 is 28.5 Å². The Bertz CT molecular complexity index is 1110. The Balaban J connectivity index is 1.58. The molecule has 0 aliphatic rings. The van der Waals surface area contributed by atoms with Crippen LogP contribution in [0.5, 0.6) is 0 Å². The molecule has 7 nitrogen and oxygen atoms in total. The summed E-state index contributed by atoms with van der Waals surface area (Å²) in [5.41, 5.74) is -0.434. The van der Waals surface area contributed by atoms with E-state index in [2.05, 4.69) is 15.3 Å². The summed E-state index contributed by atoms with van der Waals surface area (Å²) in [6, 6.07) is 9.92. The first-order chi connectivity index (χ1) is 13.8. The Hall–Kier alpha value is -3.62. The maximum atomic E-state index is 13.6. The summed E-state index contributed by atoms with van der Waals surface area (Å²) in [5.74, 6) is -3.18. The second-order valence-electron chi connectivity index (χ2n) is 6.25. The molecular formula is C20H17F2N3O4. The molecule has 0 saturated carbocycles. The highest BCUT2D eigenvalue weighted by atomic mass is 19.1. The summed E-state index contributed by atoms with van der Waals surface area (Å²) in [6.45, 7) is 1.28. The molecule has 1 atom stereocenters. The SMILES string of the molecule is C[C@@H](OC(=O)CCc1nc2ccccc2c(=O)[nH]1)C(=O)Nc1c(F)cccc1F. The first kappa shape index (κ1) is 20.1. The van der Waals surface area contributed by atoms with Gasteiger partial charge in [0.25, 0.3) is 11.5 Å². The number of carbonyl (C=O) groups excluding carboxylic acids is 2. The van der Waals surface area contributed by atoms with Crippen molar-refractivity contribution in [2.24, 2.45) is 0 Å². The molecule has 0 aliphatic carbocycles. The first-order valence-corrected chi connectivity index (χ1v) is 8.77. The number of carbonyl (C=O) groups is 2. The van der Waals surface area contributed by atoms with E-state index in [4.69, 9.17) is 4.74 Å². The lowest BCUT2D eigenvalue weighted by molar-refractivity contribution is -0.153. The molecule has 0 bridgehead atoms. The number of amides is 1. The van der Waals surface area contributed by atoms with E-state index in [0.717, 1.165) is 18.2 Å². The zero-order chi connectivity index (χ0) is 21.0. The van der Waals surface area contributed by atoms with Gasteiger partial charge in [0.05, 0.1) is 17.3 Å². The summed E-state index contributed by atoms with van der Waals surface area (Å²) in [6.07, 6.45) is -1.33. The van der Waals surface area contributed by atoms with E-state index in [1.54, 1.807) is 24.3 Å². The van der Waals surface area contributed by atoms with Crippen molar-refractivity contribution in [2.45, 2.75) is 25.9 Å². The normalized spacial score (nSPS) is 11.8. The van der Waals surface area contributed by atoms with Crippen LogP contribution >= 0.6 is 0 Å². The number of hydrogen-bond donors (Lipinski definition) is 2. The van der Waals surface area contributed by atoms with Crippen LogP contribution in [0.3, 0.4) is 0 Å². The molecule has 29 heavy (non-hydrogen) atoms. The van der Waals surface area contributed by atoms with Crippen molar-refractivity contribution in [1.29, 1.82) is 0 Å². The van der Waals surface area contributed by atoms with Gasteiger partial charge < -0.3 is 15.0 Å². The van der Waals surface area contributed by atoms with E-state index in [1.807, 2.05) is 0 Å². The number of nitrogens with one attached hydrogen (secondary N) is 2. The number of benzene rings is 2. The topological polar surface area (TPSA) is 101 Å². The van der Waals surface area contributed by atoms with Crippen molar-refractivity contribution in [3.8, 4) is 0 Å². The number of aromatic nitrogens is 2. The van der Waals surface area contributed by atoms with Crippen molar-refractivity contribution in [3.63, 3.8) is 0 Å². The van der Waals surface area contributed by atoms with Gasteiger partial charge in [0.1, 0.15) is 23.1 Å². The maximum absolute atomic E-state index is 13.6. The number of esters is 1. The lowest BCUT2D eigenvalue weighted by Gasteiger charge is -2.14. The lowest BCUT2D eigenvalue weighted by atomic mass is 10.2. The first-order valence-electron chi connectivity index (χ1n) is 8.77. The molecule has 0 spiro atoms. The third-order valence-electron chi connectivity index (χ3n) is 4.12. The number of H-pyrrole nitrogens is 1. The van der Waals surface area contributed by atoms with Gasteiger partial charge in [-0.15, -0.1) is 0 Å². The number of halogens is 2. The average Bonchev–Trinajstić information content (AvgIpc) is 2.69. The molecule has 0 saturated heterocycles. The number of rotatable bonds is 6. The fourth-order valence-electron chi connectivity index (χ4n) is 2.63. The second kappa shape index (κ2) is 8.59. The van der Waals surface area contributed by atoms with Gasteiger partial charge in [-0.05, 0) is 31.2 Å². The van der Waals surface area contributed by atoms with Crippen LogP contribution in [0.15, 0.2) is 47.3 Å². The molecule has 0 radical (unpaired) electrons. The number of aromatic amines is 1. The van der Waals surface area contributed by atoms with Gasteiger partial charge in [-0.2, -0.15) is 0 Å². The largest absolute Gasteiger partial charge is 0.453 e. The molecule has 1 aromatic heterocycles. The van der Waals surface area contributed by atoms with Crippen LogP contribution < -0.4 is 10.9 Å². The number of ether oxygens (including phenoxy) is 1. The van der Waals surface area contributed by atoms with E-state index in [0.29, 0.717) is 16.7 Å². The predicted octanol–water partition coefficient (Wildman–Crippen LogP) is 2.70. The number of para-hydroxylation sites is 2. The molecule has 3 rings (SSSR count). The van der Waals surface area contributed by atoms with Gasteiger partial charge in [0, 0.05) is 6.42 Å². The van der Waals surface area contributed by atoms with Crippen molar-refractivity contribution < 1.29 is 23.1 Å². The van der Waals surface area contributed by atoms with E-state index < -0.39 is 35.3 Å². The van der Waals surface area contributed by atoms with Gasteiger partial charge in [-0.1, -0.05) is 18.2 Å². The summed E-state index contributed by atoms with van der Waals surface area (Å²) < 4.78 is 32.2. The predicted molar refractivity (Wildman–Crippen MR) is 101 cm³/mol. The van der Waals surface area contributed by atoms with Crippen LogP contribution in [-0.2, 0) is 20.7 Å². The third kappa shape index (κ3) is 4.81. The minimum absolute atomic E-state index is 0.0924. The molecule has 2 N–H and O–H groups in total. The number of aryl methyl sites for hydroxylation is 1. The second-order valence-corrected chi connectivity index (χ2v) is 6.25. The third-order valence-corrected chi connectivity index (χ3v) is 4.12. The Kier molecular flexibility index (Phi) is 5.96. The minimum atomic E-state index is -1.27. The molecule has 0 aliphatic heterocycles. The summed E-state index contributed by atoms with van der Waals surface area (Å²) in [5, 5.41) is 2.49. The van der Waals surface area contributed by atoms with Crippen molar-refractivity contribution in [3.05, 3.63) is 70.3 Å². The summed E-state index contributed by atoms with van der Waals surface area (Å²) in [7, 11) is 0. The van der Waals surface area contributed by atoms with Gasteiger partial charge in [0.2, 0.25) is 0 Å². The molecule has 3 aromatic rings. The highest BCUT2D eigenvalue weighted by Gasteiger charge is 2.21. The monoisotopic (exact) mass is 401 g/mol. The van der Waals surface area contributed by atoms with Crippen LogP contribution in [0.25, 0.3) is 10.9 Å². The lowest BCUT2D eigenvalue weighted by Crippen LogP contribution is -2.30. The molecule has 150 valence electrons. The van der Waals surface area contributed by atoms with Crippen molar-refractivity contribution in [2.75, 3.05) is 5.32 Å². The van der Waals surface area contributed by atoms with E-state index in [1.165, 1.54) is 6.92 Å². The van der Waals surface area contributed by atoms with Gasteiger partial charge >= 0.3 is 5.97 Å². The van der Waals surface area contributed by atoms with Crippen molar-refractivity contribution in [1.82, 2.24) is 9.97 Å². The highest BCUT2D eigenvalue weighted by molar-refractivity contribution is 5.95. The van der Waals surface area contributed by atoms with Crippen LogP contribution in [-0.4, -0.2) is 27.9 Å². The fraction of sp³-hybridized carbons (Fsp3) is 0.200. The molecule has 1 heterocycles. The van der Waals surface area contributed by atoms with Gasteiger partial charge in [-0.25, -0.2) is 13.8 Å². The van der Waals surface area contributed by atoms with E-state index in [9.17, 15) is 23.2 Å². The Morgan fingerprint density at radius 3 is 2.55 bits per heavy atom. The Morgan fingerprint density at radius 1 is 1.14 bits per heavy atom. The number of nitrogens with zero attached hydrogens (tertiary/aromatic N) is 1. The summed E-state index contributed by atoms with van der Waals surface area (Å²) in [4.78, 5) is 42.9. The smallest absolute Gasteiger partial charge is 0.307 e. The van der Waals surface area contributed by atoms with Crippen LogP contribution in [0.2, 0.25) is 0 Å². The Labute approximate surface area is 163 Å². The van der Waals surface area contributed by atoms with Gasteiger partial charge in [-0.3, -0.25) is 14.4 Å². The van der Waals surface area contributed by atoms with Crippen LogP contribution in [0.4, 0.5) is 14.5 Å². The molecule has 9 heteroatoms. The minimum Gasteiger partial charge on any atom is -0.453 e. The number of anilines is 1. The highest BCUT2D eigenvalue weighted by Crippen LogP contribution is 2.18. The van der Waals surface area contributed by atoms with E-state index in [-0.39, 0.29) is 18.4 Å². The Morgan fingerprint density at radius 2 is 1.83 bits per heavy atom. The van der Waals surface area contributed by atoms with E-state index >= 15 is 0 Å². The average molecular weight is 401 g/mol. The molecule has 0 unspecified atom stereocenters. The molecule has 0 fully saturated rings. The number of fused-ring (bicyclic) bond motifs is 1. The molecular weight excluding hydrogens is 384 g/mol. The summed E-state index contributed by atoms with van der Waals surface area (Å²) >= 11 is 0. The fourth-order valence-corrected chi connectivity index (χ4v) is 2.63. The number of hydrogen-bond acceptors (Lipinski definition) is 5. The van der Waals surface area contributed by atoms with Crippen LogP contribution in [0.1, 0.15) is 19.2 Å². The zero-order valence-corrected chi connectivity index (χ0v) is 15.4. The standard InChI is InChI=1S/C20H17F2N3O4/c1-11(19(27)25-18-13(21)6-4-7-14(18)22)29-17(26)10-9-16-23-15-8-3-2-5-12(15)20(28)24-16/h2-8,11H,9-10H2,1H3,(H,25,27)(H,23,24,28)/t11-/m1/s1. The quantitative estimate of drug-likeness (QED) is 0.619. The molecule has 1 amide bonds. The zero-order valence-electron chi connectivity index (χ0n) is 15.4. The van der Waals surface area contributed by atoms with Crippen LogP contribution in [0, 0.1) is 11.6 Å². The molecule has 2 aromatic carbocycles.